The lowest BCUT2D eigenvalue weighted by Gasteiger charge is -2.31. The molecule has 0 atom stereocenters. The quantitative estimate of drug-likeness (QED) is 0.396. The van der Waals surface area contributed by atoms with Crippen LogP contribution in [0.5, 0.6) is 0 Å². The number of nitrogens with zero attached hydrogens (tertiary/aromatic N) is 2. The van der Waals surface area contributed by atoms with E-state index in [1.807, 2.05) is 11.3 Å². The van der Waals surface area contributed by atoms with Crippen LogP contribution in [0.25, 0.3) is 0 Å². The van der Waals surface area contributed by atoms with Crippen LogP contribution in [0.1, 0.15) is 38.5 Å². The molecular formula is C17H31IN4S. The fourth-order valence-electron chi connectivity index (χ4n) is 2.76. The zero-order valence-corrected chi connectivity index (χ0v) is 17.7. The summed E-state index contributed by atoms with van der Waals surface area (Å²) < 4.78 is 0. The van der Waals surface area contributed by atoms with Crippen molar-refractivity contribution in [1.29, 1.82) is 0 Å². The first-order chi connectivity index (χ1) is 10.7. The van der Waals surface area contributed by atoms with Gasteiger partial charge in [0, 0.05) is 30.6 Å². The smallest absolute Gasteiger partial charge is 0.191 e. The molecule has 1 aromatic heterocycles. The predicted molar refractivity (Wildman–Crippen MR) is 112 cm³/mol. The van der Waals surface area contributed by atoms with Crippen LogP contribution >= 0.6 is 35.3 Å². The molecule has 4 nitrogen and oxygen atoms in total. The lowest BCUT2D eigenvalue weighted by molar-refractivity contribution is 0.182. The molecule has 1 saturated heterocycles. The molecule has 2 N–H and O–H groups in total. The zero-order chi connectivity index (χ0) is 15.8. The van der Waals surface area contributed by atoms with Gasteiger partial charge in [0.2, 0.25) is 0 Å². The van der Waals surface area contributed by atoms with E-state index in [-0.39, 0.29) is 24.0 Å². The highest BCUT2D eigenvalue weighted by Crippen LogP contribution is 2.20. The van der Waals surface area contributed by atoms with E-state index < -0.39 is 0 Å². The molecule has 0 bridgehead atoms. The SMILES string of the molecule is CCNC(=NCC1CCN(Cc2cccs2)CC1)NC(C)C.I. The predicted octanol–water partition coefficient (Wildman–Crippen LogP) is 3.54. The van der Waals surface area contributed by atoms with Crippen LogP contribution in [0.3, 0.4) is 0 Å². The Morgan fingerprint density at radius 1 is 1.39 bits per heavy atom. The Morgan fingerprint density at radius 3 is 2.70 bits per heavy atom. The summed E-state index contributed by atoms with van der Waals surface area (Å²) in [6, 6.07) is 4.80. The minimum atomic E-state index is 0. The molecule has 0 aromatic carbocycles. The average Bonchev–Trinajstić information content (AvgIpc) is 2.99. The van der Waals surface area contributed by atoms with E-state index in [0.717, 1.165) is 31.5 Å². The summed E-state index contributed by atoms with van der Waals surface area (Å²) in [4.78, 5) is 8.81. The van der Waals surface area contributed by atoms with Crippen LogP contribution in [0.2, 0.25) is 0 Å². The van der Waals surface area contributed by atoms with Crippen molar-refractivity contribution in [3.05, 3.63) is 22.4 Å². The number of halogens is 1. The molecule has 0 unspecified atom stereocenters. The third kappa shape index (κ3) is 7.85. The number of piperidine rings is 1. The van der Waals surface area contributed by atoms with Gasteiger partial charge in [-0.1, -0.05) is 6.07 Å². The number of hydrogen-bond acceptors (Lipinski definition) is 3. The first-order valence-electron chi connectivity index (χ1n) is 8.47. The van der Waals surface area contributed by atoms with Gasteiger partial charge >= 0.3 is 0 Å². The summed E-state index contributed by atoms with van der Waals surface area (Å²) in [5.74, 6) is 1.68. The fourth-order valence-corrected chi connectivity index (χ4v) is 3.51. The van der Waals surface area contributed by atoms with Gasteiger partial charge in [-0.2, -0.15) is 0 Å². The van der Waals surface area contributed by atoms with Crippen LogP contribution < -0.4 is 10.6 Å². The Labute approximate surface area is 162 Å². The second kappa shape index (κ2) is 11.3. The third-order valence-corrected chi connectivity index (χ3v) is 4.81. The molecule has 6 heteroatoms. The first kappa shape index (κ1) is 20.7. The Kier molecular flexibility index (Phi) is 10.1. The maximum absolute atomic E-state index is 4.76. The van der Waals surface area contributed by atoms with E-state index in [9.17, 15) is 0 Å². The Morgan fingerprint density at radius 2 is 2.13 bits per heavy atom. The highest BCUT2D eigenvalue weighted by molar-refractivity contribution is 14.0. The second-order valence-corrected chi connectivity index (χ2v) is 7.35. The van der Waals surface area contributed by atoms with Crippen molar-refractivity contribution in [2.24, 2.45) is 10.9 Å². The van der Waals surface area contributed by atoms with Crippen molar-refractivity contribution in [1.82, 2.24) is 15.5 Å². The molecule has 1 aliphatic heterocycles. The van der Waals surface area contributed by atoms with Gasteiger partial charge in [-0.05, 0) is 64.1 Å². The average molecular weight is 450 g/mol. The number of rotatable bonds is 6. The van der Waals surface area contributed by atoms with Gasteiger partial charge in [0.15, 0.2) is 5.96 Å². The lowest BCUT2D eigenvalue weighted by atomic mass is 9.97. The molecular weight excluding hydrogens is 419 g/mol. The molecule has 1 fully saturated rings. The fraction of sp³-hybridized carbons (Fsp3) is 0.706. The van der Waals surface area contributed by atoms with Crippen LogP contribution in [0.4, 0.5) is 0 Å². The van der Waals surface area contributed by atoms with Crippen molar-refractivity contribution in [2.45, 2.75) is 46.2 Å². The van der Waals surface area contributed by atoms with Gasteiger partial charge in [0.25, 0.3) is 0 Å². The minimum Gasteiger partial charge on any atom is -0.357 e. The van der Waals surface area contributed by atoms with E-state index in [0.29, 0.717) is 6.04 Å². The Hall–Kier alpha value is -0.340. The number of guanidine groups is 1. The highest BCUT2D eigenvalue weighted by Gasteiger charge is 2.19. The summed E-state index contributed by atoms with van der Waals surface area (Å²) in [6.07, 6.45) is 2.52. The molecule has 1 aliphatic rings. The summed E-state index contributed by atoms with van der Waals surface area (Å²) in [6.45, 7) is 11.8. The molecule has 2 rings (SSSR count). The van der Waals surface area contributed by atoms with Crippen molar-refractivity contribution >= 4 is 41.3 Å². The van der Waals surface area contributed by atoms with Crippen molar-refractivity contribution in [3.63, 3.8) is 0 Å². The topological polar surface area (TPSA) is 39.7 Å². The Bertz CT molecular complexity index is 439. The van der Waals surface area contributed by atoms with E-state index >= 15 is 0 Å². The summed E-state index contributed by atoms with van der Waals surface area (Å²) in [5.41, 5.74) is 0. The molecule has 0 radical (unpaired) electrons. The lowest BCUT2D eigenvalue weighted by Crippen LogP contribution is -2.41. The van der Waals surface area contributed by atoms with Gasteiger partial charge in [-0.3, -0.25) is 9.89 Å². The largest absolute Gasteiger partial charge is 0.357 e. The number of aliphatic imine (C=N–C) groups is 1. The summed E-state index contributed by atoms with van der Waals surface area (Å²) >= 11 is 1.86. The number of likely N-dealkylation sites (tertiary alicyclic amines) is 1. The molecule has 0 aliphatic carbocycles. The molecule has 23 heavy (non-hydrogen) atoms. The van der Waals surface area contributed by atoms with Crippen molar-refractivity contribution in [2.75, 3.05) is 26.2 Å². The van der Waals surface area contributed by atoms with Crippen LogP contribution in [0, 0.1) is 5.92 Å². The number of nitrogens with one attached hydrogen (secondary N) is 2. The van der Waals surface area contributed by atoms with Gasteiger partial charge in [-0.25, -0.2) is 0 Å². The maximum Gasteiger partial charge on any atom is 0.191 e. The van der Waals surface area contributed by atoms with Crippen LogP contribution in [-0.4, -0.2) is 43.1 Å². The molecule has 0 saturated carbocycles. The molecule has 1 aromatic rings. The van der Waals surface area contributed by atoms with Crippen LogP contribution in [-0.2, 0) is 6.54 Å². The van der Waals surface area contributed by atoms with E-state index in [1.165, 1.54) is 30.8 Å². The van der Waals surface area contributed by atoms with Gasteiger partial charge in [-0.15, -0.1) is 35.3 Å². The normalized spacial score (nSPS) is 17.1. The minimum absolute atomic E-state index is 0. The molecule has 2 heterocycles. The second-order valence-electron chi connectivity index (χ2n) is 6.32. The van der Waals surface area contributed by atoms with E-state index in [1.54, 1.807) is 0 Å². The van der Waals surface area contributed by atoms with Gasteiger partial charge in [0.05, 0.1) is 0 Å². The monoisotopic (exact) mass is 450 g/mol. The Balaban J connectivity index is 0.00000264. The number of hydrogen-bond donors (Lipinski definition) is 2. The van der Waals surface area contributed by atoms with E-state index in [4.69, 9.17) is 4.99 Å². The van der Waals surface area contributed by atoms with Crippen molar-refractivity contribution in [3.8, 4) is 0 Å². The molecule has 0 spiro atoms. The van der Waals surface area contributed by atoms with E-state index in [2.05, 4.69) is 53.8 Å². The molecule has 0 amide bonds. The third-order valence-electron chi connectivity index (χ3n) is 3.94. The van der Waals surface area contributed by atoms with Gasteiger partial charge in [0.1, 0.15) is 0 Å². The highest BCUT2D eigenvalue weighted by atomic mass is 127. The van der Waals surface area contributed by atoms with Crippen molar-refractivity contribution < 1.29 is 0 Å². The summed E-state index contributed by atoms with van der Waals surface area (Å²) in [5, 5.41) is 8.88. The molecule has 132 valence electrons. The first-order valence-corrected chi connectivity index (χ1v) is 9.35. The maximum atomic E-state index is 4.76. The summed E-state index contributed by atoms with van der Waals surface area (Å²) in [7, 11) is 0. The van der Waals surface area contributed by atoms with Crippen LogP contribution in [0.15, 0.2) is 22.5 Å². The van der Waals surface area contributed by atoms with Gasteiger partial charge < -0.3 is 10.6 Å². The number of thiophene rings is 1. The zero-order valence-electron chi connectivity index (χ0n) is 14.5. The standard InChI is InChI=1S/C17H30N4S.HI/c1-4-18-17(20-14(2)3)19-12-15-7-9-21(10-8-15)13-16-6-5-11-22-16;/h5-6,11,14-15H,4,7-10,12-13H2,1-3H3,(H2,18,19,20);1H.